The minimum atomic E-state index is -0.0605. The Hall–Kier alpha value is -1.13. The Balaban J connectivity index is 2.13. The van der Waals surface area contributed by atoms with Crippen molar-refractivity contribution in [2.45, 2.75) is 13.3 Å². The Morgan fingerprint density at radius 2 is 1.84 bits per heavy atom. The number of hydrogen-bond donors (Lipinski definition) is 1. The van der Waals surface area contributed by atoms with Crippen LogP contribution in [-0.2, 0) is 11.2 Å². The number of rotatable bonds is 1. The highest BCUT2D eigenvalue weighted by atomic mass is 79.9. The van der Waals surface area contributed by atoms with Crippen LogP contribution >= 0.6 is 31.9 Å². The number of carbonyl (C=O) groups excluding carboxylic acids is 1. The molecule has 0 fully saturated rings. The van der Waals surface area contributed by atoms with Crippen LogP contribution in [0.1, 0.15) is 18.1 Å². The molecule has 0 unspecified atom stereocenters. The first-order valence-corrected chi connectivity index (χ1v) is 7.52. The summed E-state index contributed by atoms with van der Waals surface area (Å²) >= 11 is 7.02. The van der Waals surface area contributed by atoms with Gasteiger partial charge in [-0.25, -0.2) is 0 Å². The second-order valence-corrected chi connectivity index (χ2v) is 6.42. The summed E-state index contributed by atoms with van der Waals surface area (Å²) in [4.78, 5) is 11.2. The van der Waals surface area contributed by atoms with Crippen LogP contribution < -0.4 is 5.32 Å². The summed E-state index contributed by atoms with van der Waals surface area (Å²) in [7, 11) is 0. The zero-order valence-corrected chi connectivity index (χ0v) is 13.4. The summed E-state index contributed by atoms with van der Waals surface area (Å²) < 4.78 is 2.02. The molecule has 0 saturated heterocycles. The highest BCUT2D eigenvalue weighted by molar-refractivity contribution is 9.10. The largest absolute Gasteiger partial charge is 0.325 e. The van der Waals surface area contributed by atoms with Crippen molar-refractivity contribution in [3.8, 4) is 11.1 Å². The number of nitrogens with one attached hydrogen (secondary N) is 1. The van der Waals surface area contributed by atoms with Crippen LogP contribution in [0.3, 0.4) is 0 Å². The summed E-state index contributed by atoms with van der Waals surface area (Å²) in [5.74, 6) is -0.0605. The molecule has 0 saturated carbocycles. The quantitative estimate of drug-likeness (QED) is 0.648. The van der Waals surface area contributed by atoms with Gasteiger partial charge in [0.2, 0.25) is 5.91 Å². The van der Waals surface area contributed by atoms with Crippen LogP contribution in [-0.4, -0.2) is 5.91 Å². The van der Waals surface area contributed by atoms with Crippen molar-refractivity contribution < 1.29 is 4.79 Å². The average molecular weight is 381 g/mol. The molecule has 0 aliphatic heterocycles. The molecule has 1 aliphatic rings. The van der Waals surface area contributed by atoms with E-state index >= 15 is 0 Å². The smallest absolute Gasteiger partial charge is 0.221 e. The molecule has 1 N–H and O–H groups in total. The predicted octanol–water partition coefficient (Wildman–Crippen LogP) is 4.74. The third kappa shape index (κ3) is 2.35. The van der Waals surface area contributed by atoms with Gasteiger partial charge in [-0.1, -0.05) is 22.0 Å². The second-order valence-electron chi connectivity index (χ2n) is 4.65. The molecular weight excluding hydrogens is 370 g/mol. The van der Waals surface area contributed by atoms with Gasteiger partial charge in [0.25, 0.3) is 0 Å². The SMILES string of the molecule is CC(=O)Nc1cc2c(cc1Br)Cc1cc(Br)ccc1-2. The summed E-state index contributed by atoms with van der Waals surface area (Å²) in [6, 6.07) is 10.5. The van der Waals surface area contributed by atoms with E-state index in [-0.39, 0.29) is 5.91 Å². The molecule has 4 heteroatoms. The first-order chi connectivity index (χ1) is 9.04. The number of hydrogen-bond acceptors (Lipinski definition) is 1. The fourth-order valence-corrected chi connectivity index (χ4v) is 3.37. The van der Waals surface area contributed by atoms with Gasteiger partial charge in [-0.2, -0.15) is 0 Å². The second kappa shape index (κ2) is 4.76. The van der Waals surface area contributed by atoms with E-state index in [0.29, 0.717) is 0 Å². The maximum atomic E-state index is 11.2. The molecule has 3 rings (SSSR count). The predicted molar refractivity (Wildman–Crippen MR) is 84.4 cm³/mol. The van der Waals surface area contributed by atoms with Crippen molar-refractivity contribution in [2.75, 3.05) is 5.32 Å². The van der Waals surface area contributed by atoms with E-state index in [1.807, 2.05) is 12.1 Å². The fraction of sp³-hybridized carbons (Fsp3) is 0.133. The first-order valence-electron chi connectivity index (χ1n) is 5.93. The van der Waals surface area contributed by atoms with E-state index in [0.717, 1.165) is 21.1 Å². The molecule has 0 heterocycles. The number of amides is 1. The minimum absolute atomic E-state index is 0.0605. The lowest BCUT2D eigenvalue weighted by Gasteiger charge is -2.09. The number of halogens is 2. The van der Waals surface area contributed by atoms with Gasteiger partial charge in [0, 0.05) is 15.9 Å². The van der Waals surface area contributed by atoms with Crippen molar-refractivity contribution in [3.63, 3.8) is 0 Å². The molecule has 2 nitrogen and oxygen atoms in total. The van der Waals surface area contributed by atoms with Crippen LogP contribution in [0.2, 0.25) is 0 Å². The molecule has 0 atom stereocenters. The Bertz CT molecular complexity index is 695. The Kier molecular flexibility index (Phi) is 3.23. The van der Waals surface area contributed by atoms with Gasteiger partial charge < -0.3 is 5.32 Å². The van der Waals surface area contributed by atoms with Crippen molar-refractivity contribution in [2.24, 2.45) is 0 Å². The molecule has 0 spiro atoms. The van der Waals surface area contributed by atoms with Gasteiger partial charge in [-0.05, 0) is 68.9 Å². The molecule has 96 valence electrons. The maximum Gasteiger partial charge on any atom is 0.221 e. The van der Waals surface area contributed by atoms with E-state index in [1.165, 1.54) is 29.2 Å². The molecule has 2 aromatic rings. The fourth-order valence-electron chi connectivity index (χ4n) is 2.47. The van der Waals surface area contributed by atoms with E-state index in [4.69, 9.17) is 0 Å². The summed E-state index contributed by atoms with van der Waals surface area (Å²) in [5, 5.41) is 2.85. The van der Waals surface area contributed by atoms with Gasteiger partial charge in [0.1, 0.15) is 0 Å². The highest BCUT2D eigenvalue weighted by Crippen LogP contribution is 2.41. The summed E-state index contributed by atoms with van der Waals surface area (Å²) in [5.41, 5.74) is 5.87. The normalized spacial score (nSPS) is 11.9. The van der Waals surface area contributed by atoms with Crippen molar-refractivity contribution >= 4 is 43.5 Å². The molecule has 19 heavy (non-hydrogen) atoms. The Labute approximate surface area is 128 Å². The first kappa shape index (κ1) is 12.9. The topological polar surface area (TPSA) is 29.1 Å². The molecular formula is C15H11Br2NO. The van der Waals surface area contributed by atoms with Gasteiger partial charge >= 0.3 is 0 Å². The molecule has 0 aromatic heterocycles. The zero-order chi connectivity index (χ0) is 13.6. The standard InChI is InChI=1S/C15H11Br2NO/c1-8(19)18-15-7-13-10(6-14(15)17)4-9-5-11(16)2-3-12(9)13/h2-3,5-7H,4H2,1H3,(H,18,19). The molecule has 1 aliphatic carbocycles. The average Bonchev–Trinajstić information content (AvgIpc) is 2.65. The lowest BCUT2D eigenvalue weighted by atomic mass is 10.1. The molecule has 0 bridgehead atoms. The van der Waals surface area contributed by atoms with Crippen molar-refractivity contribution in [3.05, 3.63) is 50.4 Å². The summed E-state index contributed by atoms with van der Waals surface area (Å²) in [6.07, 6.45) is 0.934. The highest BCUT2D eigenvalue weighted by Gasteiger charge is 2.20. The monoisotopic (exact) mass is 379 g/mol. The minimum Gasteiger partial charge on any atom is -0.325 e. The van der Waals surface area contributed by atoms with E-state index < -0.39 is 0 Å². The lowest BCUT2D eigenvalue weighted by molar-refractivity contribution is -0.114. The molecule has 0 radical (unpaired) electrons. The zero-order valence-electron chi connectivity index (χ0n) is 10.3. The van der Waals surface area contributed by atoms with E-state index in [2.05, 4.69) is 55.4 Å². The summed E-state index contributed by atoms with van der Waals surface area (Å²) in [6.45, 7) is 1.52. The van der Waals surface area contributed by atoms with E-state index in [1.54, 1.807) is 0 Å². The Morgan fingerprint density at radius 1 is 1.11 bits per heavy atom. The Morgan fingerprint density at radius 3 is 2.58 bits per heavy atom. The number of carbonyl (C=O) groups is 1. The van der Waals surface area contributed by atoms with Crippen molar-refractivity contribution in [1.82, 2.24) is 0 Å². The van der Waals surface area contributed by atoms with Crippen LogP contribution in [0.5, 0.6) is 0 Å². The number of fused-ring (bicyclic) bond motifs is 3. The third-order valence-corrected chi connectivity index (χ3v) is 4.39. The van der Waals surface area contributed by atoms with Crippen LogP contribution in [0, 0.1) is 0 Å². The van der Waals surface area contributed by atoms with Gasteiger partial charge in [-0.3, -0.25) is 4.79 Å². The molecule has 2 aromatic carbocycles. The number of benzene rings is 2. The number of anilines is 1. The maximum absolute atomic E-state index is 11.2. The van der Waals surface area contributed by atoms with Crippen molar-refractivity contribution in [1.29, 1.82) is 0 Å². The van der Waals surface area contributed by atoms with Gasteiger partial charge in [-0.15, -0.1) is 0 Å². The van der Waals surface area contributed by atoms with Gasteiger partial charge in [0.15, 0.2) is 0 Å². The third-order valence-electron chi connectivity index (χ3n) is 3.24. The van der Waals surface area contributed by atoms with Crippen LogP contribution in [0.4, 0.5) is 5.69 Å². The van der Waals surface area contributed by atoms with Gasteiger partial charge in [0.05, 0.1) is 5.69 Å². The van der Waals surface area contributed by atoms with Crippen LogP contribution in [0.15, 0.2) is 39.3 Å². The van der Waals surface area contributed by atoms with E-state index in [9.17, 15) is 4.79 Å². The molecule has 1 amide bonds. The lowest BCUT2D eigenvalue weighted by Crippen LogP contribution is -2.06. The van der Waals surface area contributed by atoms with Crippen LogP contribution in [0.25, 0.3) is 11.1 Å².